The maximum absolute atomic E-state index is 5.50. The normalized spacial score (nSPS) is 13.4. The number of nitrogens with one attached hydrogen (secondary N) is 1. The maximum atomic E-state index is 5.50. The molecule has 140 valence electrons. The van der Waals surface area contributed by atoms with Crippen molar-refractivity contribution in [1.29, 1.82) is 0 Å². The van der Waals surface area contributed by atoms with E-state index < -0.39 is 0 Å². The van der Waals surface area contributed by atoms with Crippen molar-refractivity contribution >= 4 is 5.82 Å². The summed E-state index contributed by atoms with van der Waals surface area (Å²) in [5.74, 6) is 2.55. The van der Waals surface area contributed by atoms with Gasteiger partial charge in [0.1, 0.15) is 5.82 Å². The molecular weight excluding hydrogens is 338 g/mol. The van der Waals surface area contributed by atoms with E-state index in [-0.39, 0.29) is 0 Å². The lowest BCUT2D eigenvalue weighted by molar-refractivity contribution is 0.355. The SMILES string of the molecule is COc1ccc(-c2nn(-c3ccccc3C)c3c2CCCCN3)cc1OC. The zero-order chi connectivity index (χ0) is 18.8. The average molecular weight is 363 g/mol. The molecule has 5 nitrogen and oxygen atoms in total. The molecule has 2 heterocycles. The monoisotopic (exact) mass is 363 g/mol. The molecule has 0 amide bonds. The molecule has 0 bridgehead atoms. The molecule has 0 radical (unpaired) electrons. The largest absolute Gasteiger partial charge is 0.493 e. The Hall–Kier alpha value is -2.95. The number of para-hydroxylation sites is 1. The van der Waals surface area contributed by atoms with Crippen LogP contribution in [-0.2, 0) is 6.42 Å². The highest BCUT2D eigenvalue weighted by Crippen LogP contribution is 2.38. The van der Waals surface area contributed by atoms with Crippen molar-refractivity contribution in [3.05, 3.63) is 53.6 Å². The Morgan fingerprint density at radius 1 is 1.00 bits per heavy atom. The first-order valence-electron chi connectivity index (χ1n) is 9.37. The average Bonchev–Trinajstić information content (AvgIpc) is 2.88. The lowest BCUT2D eigenvalue weighted by atomic mass is 10.0. The van der Waals surface area contributed by atoms with Gasteiger partial charge in [0.05, 0.1) is 25.6 Å². The molecule has 0 fully saturated rings. The van der Waals surface area contributed by atoms with Crippen molar-refractivity contribution in [2.45, 2.75) is 26.2 Å². The van der Waals surface area contributed by atoms with Crippen molar-refractivity contribution in [2.24, 2.45) is 0 Å². The van der Waals surface area contributed by atoms with Crippen molar-refractivity contribution in [1.82, 2.24) is 9.78 Å². The van der Waals surface area contributed by atoms with E-state index in [1.807, 2.05) is 12.1 Å². The minimum Gasteiger partial charge on any atom is -0.493 e. The zero-order valence-electron chi connectivity index (χ0n) is 16.1. The van der Waals surface area contributed by atoms with Gasteiger partial charge in [-0.2, -0.15) is 5.10 Å². The van der Waals surface area contributed by atoms with Gasteiger partial charge in [-0.15, -0.1) is 0 Å². The highest BCUT2D eigenvalue weighted by molar-refractivity contribution is 5.73. The summed E-state index contributed by atoms with van der Waals surface area (Å²) < 4.78 is 12.9. The Morgan fingerprint density at radius 3 is 2.59 bits per heavy atom. The molecule has 3 aromatic rings. The van der Waals surface area contributed by atoms with Crippen LogP contribution in [0, 0.1) is 6.92 Å². The second-order valence-electron chi connectivity index (χ2n) is 6.83. The van der Waals surface area contributed by atoms with Crippen LogP contribution in [0.1, 0.15) is 24.0 Å². The number of hydrogen-bond donors (Lipinski definition) is 1. The van der Waals surface area contributed by atoms with E-state index in [1.165, 1.54) is 11.1 Å². The summed E-state index contributed by atoms with van der Waals surface area (Å²) >= 11 is 0. The number of fused-ring (bicyclic) bond motifs is 1. The van der Waals surface area contributed by atoms with E-state index in [1.54, 1.807) is 14.2 Å². The molecule has 1 aromatic heterocycles. The Kier molecular flexibility index (Phi) is 4.75. The summed E-state index contributed by atoms with van der Waals surface area (Å²) in [7, 11) is 3.32. The standard InChI is InChI=1S/C22H25N3O2/c1-15-8-4-5-10-18(15)25-22-17(9-6-7-13-23-22)21(24-25)16-11-12-19(26-2)20(14-16)27-3/h4-5,8,10-12,14,23H,6-7,9,13H2,1-3H3. The topological polar surface area (TPSA) is 48.3 Å². The third-order valence-electron chi connectivity index (χ3n) is 5.13. The number of rotatable bonds is 4. The van der Waals surface area contributed by atoms with Gasteiger partial charge < -0.3 is 14.8 Å². The molecule has 0 atom stereocenters. The molecule has 27 heavy (non-hydrogen) atoms. The summed E-state index contributed by atoms with van der Waals surface area (Å²) in [5.41, 5.74) is 5.62. The van der Waals surface area contributed by atoms with Crippen LogP contribution in [0.5, 0.6) is 11.5 Å². The Bertz CT molecular complexity index is 962. The fraction of sp³-hybridized carbons (Fsp3) is 0.318. The van der Waals surface area contributed by atoms with Gasteiger partial charge in [0.15, 0.2) is 11.5 Å². The predicted octanol–water partition coefficient (Wildman–Crippen LogP) is 4.61. The number of ether oxygens (including phenoxy) is 2. The van der Waals surface area contributed by atoms with Crippen LogP contribution in [0.3, 0.4) is 0 Å². The lowest BCUT2D eigenvalue weighted by Gasteiger charge is -2.11. The molecule has 0 spiro atoms. The van der Waals surface area contributed by atoms with Gasteiger partial charge in [-0.25, -0.2) is 4.68 Å². The van der Waals surface area contributed by atoms with Crippen LogP contribution in [0.4, 0.5) is 5.82 Å². The molecule has 5 heteroatoms. The van der Waals surface area contributed by atoms with Crippen molar-refractivity contribution in [3.8, 4) is 28.4 Å². The highest BCUT2D eigenvalue weighted by atomic mass is 16.5. The number of hydrogen-bond acceptors (Lipinski definition) is 4. The minimum atomic E-state index is 0.718. The van der Waals surface area contributed by atoms with Crippen LogP contribution in [0.25, 0.3) is 16.9 Å². The van der Waals surface area contributed by atoms with Gasteiger partial charge in [0, 0.05) is 17.7 Å². The lowest BCUT2D eigenvalue weighted by Crippen LogP contribution is -2.08. The number of anilines is 1. The van der Waals surface area contributed by atoms with Crippen LogP contribution in [0.15, 0.2) is 42.5 Å². The Labute approximate surface area is 159 Å². The van der Waals surface area contributed by atoms with E-state index in [0.717, 1.165) is 60.1 Å². The molecule has 1 aliphatic heterocycles. The first-order chi connectivity index (χ1) is 13.2. The molecule has 0 saturated heterocycles. The molecule has 0 unspecified atom stereocenters. The Balaban J connectivity index is 1.90. The predicted molar refractivity (Wildman–Crippen MR) is 108 cm³/mol. The molecule has 0 aliphatic carbocycles. The first kappa shape index (κ1) is 17.5. The van der Waals surface area contributed by atoms with Crippen LogP contribution >= 0.6 is 0 Å². The highest BCUT2D eigenvalue weighted by Gasteiger charge is 2.23. The number of nitrogens with zero attached hydrogens (tertiary/aromatic N) is 2. The maximum Gasteiger partial charge on any atom is 0.161 e. The summed E-state index contributed by atoms with van der Waals surface area (Å²) in [5, 5.41) is 8.63. The fourth-order valence-electron chi connectivity index (χ4n) is 3.69. The summed E-state index contributed by atoms with van der Waals surface area (Å²) in [6.45, 7) is 3.09. The van der Waals surface area contributed by atoms with E-state index in [9.17, 15) is 0 Å². The second-order valence-corrected chi connectivity index (χ2v) is 6.83. The third kappa shape index (κ3) is 3.14. The fourth-order valence-corrected chi connectivity index (χ4v) is 3.69. The van der Waals surface area contributed by atoms with Crippen LogP contribution < -0.4 is 14.8 Å². The quantitative estimate of drug-likeness (QED) is 0.735. The second kappa shape index (κ2) is 7.35. The Morgan fingerprint density at radius 2 is 1.81 bits per heavy atom. The van der Waals surface area contributed by atoms with Crippen molar-refractivity contribution in [3.63, 3.8) is 0 Å². The van der Waals surface area contributed by atoms with Gasteiger partial charge in [-0.05, 0) is 56.0 Å². The summed E-state index contributed by atoms with van der Waals surface area (Å²) in [4.78, 5) is 0. The summed E-state index contributed by atoms with van der Waals surface area (Å²) in [6.07, 6.45) is 3.32. The van der Waals surface area contributed by atoms with E-state index in [0.29, 0.717) is 0 Å². The van der Waals surface area contributed by atoms with Crippen molar-refractivity contribution < 1.29 is 9.47 Å². The molecule has 1 N–H and O–H groups in total. The van der Waals surface area contributed by atoms with Gasteiger partial charge >= 0.3 is 0 Å². The van der Waals surface area contributed by atoms with Gasteiger partial charge in [-0.3, -0.25) is 0 Å². The molecule has 1 aliphatic rings. The minimum absolute atomic E-state index is 0.718. The van der Waals surface area contributed by atoms with Gasteiger partial charge in [0.2, 0.25) is 0 Å². The molecular formula is C22H25N3O2. The van der Waals surface area contributed by atoms with Crippen LogP contribution in [-0.4, -0.2) is 30.5 Å². The molecule has 0 saturated carbocycles. The molecule has 2 aromatic carbocycles. The smallest absolute Gasteiger partial charge is 0.161 e. The van der Waals surface area contributed by atoms with E-state index in [2.05, 4.69) is 47.3 Å². The van der Waals surface area contributed by atoms with Crippen molar-refractivity contribution in [2.75, 3.05) is 26.1 Å². The number of methoxy groups -OCH3 is 2. The first-order valence-corrected chi connectivity index (χ1v) is 9.37. The van der Waals surface area contributed by atoms with Crippen LogP contribution in [0.2, 0.25) is 0 Å². The number of aryl methyl sites for hydroxylation is 1. The van der Waals surface area contributed by atoms with E-state index in [4.69, 9.17) is 14.6 Å². The molecule has 4 rings (SSSR count). The van der Waals surface area contributed by atoms with Gasteiger partial charge in [0.25, 0.3) is 0 Å². The third-order valence-corrected chi connectivity index (χ3v) is 5.13. The number of benzene rings is 2. The number of aromatic nitrogens is 2. The summed E-state index contributed by atoms with van der Waals surface area (Å²) in [6, 6.07) is 14.4. The van der Waals surface area contributed by atoms with E-state index >= 15 is 0 Å². The zero-order valence-corrected chi connectivity index (χ0v) is 16.1. The van der Waals surface area contributed by atoms with Gasteiger partial charge in [-0.1, -0.05) is 18.2 Å².